The summed E-state index contributed by atoms with van der Waals surface area (Å²) in [5, 5.41) is 2.91. The molecule has 0 unspecified atom stereocenters. The van der Waals surface area contributed by atoms with Crippen LogP contribution in [0.2, 0.25) is 0 Å². The zero-order valence-corrected chi connectivity index (χ0v) is 14.8. The lowest BCUT2D eigenvalue weighted by atomic mass is 9.92. The molecule has 1 spiro atoms. The van der Waals surface area contributed by atoms with E-state index >= 15 is 0 Å². The lowest BCUT2D eigenvalue weighted by Crippen LogP contribution is -2.58. The Morgan fingerprint density at radius 2 is 2.11 bits per heavy atom. The third-order valence-corrected chi connectivity index (χ3v) is 5.01. The van der Waals surface area contributed by atoms with Gasteiger partial charge in [0, 0.05) is 18.9 Å². The van der Waals surface area contributed by atoms with Crippen LogP contribution in [0.3, 0.4) is 0 Å². The van der Waals surface area contributed by atoms with Crippen LogP contribution in [0.25, 0.3) is 0 Å². The summed E-state index contributed by atoms with van der Waals surface area (Å²) in [6.07, 6.45) is 4.44. The minimum Gasteiger partial charge on any atom is -0.483 e. The lowest BCUT2D eigenvalue weighted by molar-refractivity contribution is -0.137. The lowest BCUT2D eigenvalue weighted by Gasteiger charge is -2.42. The molecule has 0 radical (unpaired) electrons. The van der Waals surface area contributed by atoms with E-state index in [2.05, 4.69) is 10.3 Å². The fraction of sp³-hybridized carbons (Fsp3) is 0.368. The number of carbonyl (C=O) groups excluding carboxylic acids is 2. The molecule has 3 heterocycles. The van der Waals surface area contributed by atoms with Gasteiger partial charge in [-0.2, -0.15) is 0 Å². The molecule has 27 heavy (non-hydrogen) atoms. The first-order chi connectivity index (χ1) is 13.1. The molecule has 2 aliphatic rings. The van der Waals surface area contributed by atoms with Gasteiger partial charge in [0.05, 0.1) is 18.7 Å². The number of benzene rings is 1. The number of para-hydroxylation sites is 1. The van der Waals surface area contributed by atoms with E-state index in [0.29, 0.717) is 30.9 Å². The van der Waals surface area contributed by atoms with Crippen LogP contribution in [0.15, 0.2) is 47.5 Å². The van der Waals surface area contributed by atoms with Gasteiger partial charge in [-0.05, 0) is 31.0 Å². The smallest absolute Gasteiger partial charge is 0.347 e. The fourth-order valence-electron chi connectivity index (χ4n) is 3.64. The highest BCUT2D eigenvalue weighted by molar-refractivity contribution is 5.97. The Morgan fingerprint density at radius 3 is 2.96 bits per heavy atom. The van der Waals surface area contributed by atoms with Gasteiger partial charge in [0.1, 0.15) is 17.9 Å². The third kappa shape index (κ3) is 3.42. The maximum atomic E-state index is 12.7. The molecular formula is C19H20N4O4. The highest BCUT2D eigenvalue weighted by Crippen LogP contribution is 2.32. The molecule has 0 aliphatic carbocycles. The van der Waals surface area contributed by atoms with Crippen molar-refractivity contribution in [3.63, 3.8) is 0 Å². The molecular weight excluding hydrogens is 348 g/mol. The topological polar surface area (TPSA) is 93.5 Å². The molecule has 1 aromatic carbocycles. The van der Waals surface area contributed by atoms with Crippen molar-refractivity contribution >= 4 is 11.8 Å². The minimum absolute atomic E-state index is 0.0638. The van der Waals surface area contributed by atoms with Gasteiger partial charge in [-0.3, -0.25) is 14.2 Å². The summed E-state index contributed by atoms with van der Waals surface area (Å²) in [5.41, 5.74) is -0.625. The molecule has 4 rings (SSSR count). The van der Waals surface area contributed by atoms with Crippen molar-refractivity contribution in [1.29, 1.82) is 0 Å². The molecule has 1 saturated heterocycles. The maximum absolute atomic E-state index is 12.7. The summed E-state index contributed by atoms with van der Waals surface area (Å²) in [7, 11) is 0. The van der Waals surface area contributed by atoms with Crippen molar-refractivity contribution in [3.8, 4) is 5.75 Å². The minimum atomic E-state index is -0.671. The fourth-order valence-corrected chi connectivity index (χ4v) is 3.64. The SMILES string of the molecule is O=C1NC[C@@]2(CCCN(C(=O)Cn3cccnc3=O)C2)Oc2ccccc21. The summed E-state index contributed by atoms with van der Waals surface area (Å²) in [4.78, 5) is 42.2. The summed E-state index contributed by atoms with van der Waals surface area (Å²) in [6.45, 7) is 1.22. The maximum Gasteiger partial charge on any atom is 0.347 e. The van der Waals surface area contributed by atoms with Crippen molar-refractivity contribution in [3.05, 3.63) is 58.8 Å². The van der Waals surface area contributed by atoms with Crippen molar-refractivity contribution in [2.75, 3.05) is 19.6 Å². The van der Waals surface area contributed by atoms with Crippen LogP contribution >= 0.6 is 0 Å². The van der Waals surface area contributed by atoms with E-state index in [4.69, 9.17) is 4.74 Å². The molecule has 140 valence electrons. The molecule has 2 aromatic rings. The van der Waals surface area contributed by atoms with Crippen LogP contribution in [-0.4, -0.2) is 51.5 Å². The van der Waals surface area contributed by atoms with E-state index in [1.165, 1.54) is 10.8 Å². The average Bonchev–Trinajstić information content (AvgIpc) is 2.81. The Kier molecular flexibility index (Phi) is 4.39. The molecule has 1 aromatic heterocycles. The average molecular weight is 368 g/mol. The second-order valence-electron chi connectivity index (χ2n) is 6.91. The summed E-state index contributed by atoms with van der Waals surface area (Å²) in [6, 6.07) is 8.74. The Labute approximate surface area is 155 Å². The Bertz CT molecular complexity index is 941. The second kappa shape index (κ2) is 6.86. The first kappa shape index (κ1) is 17.3. The molecule has 1 atom stereocenters. The zero-order chi connectivity index (χ0) is 18.9. The number of hydrogen-bond acceptors (Lipinski definition) is 5. The first-order valence-corrected chi connectivity index (χ1v) is 8.92. The van der Waals surface area contributed by atoms with Crippen LogP contribution in [0.4, 0.5) is 0 Å². The van der Waals surface area contributed by atoms with E-state index in [1.807, 2.05) is 6.07 Å². The number of ether oxygens (including phenoxy) is 1. The van der Waals surface area contributed by atoms with Crippen molar-refractivity contribution in [1.82, 2.24) is 19.8 Å². The van der Waals surface area contributed by atoms with Crippen molar-refractivity contribution < 1.29 is 14.3 Å². The Balaban J connectivity index is 1.54. The quantitative estimate of drug-likeness (QED) is 0.830. The van der Waals surface area contributed by atoms with Crippen molar-refractivity contribution in [2.24, 2.45) is 0 Å². The number of piperidine rings is 1. The van der Waals surface area contributed by atoms with Gasteiger partial charge in [0.15, 0.2) is 0 Å². The van der Waals surface area contributed by atoms with Gasteiger partial charge < -0.3 is 15.0 Å². The van der Waals surface area contributed by atoms with Gasteiger partial charge in [0.2, 0.25) is 5.91 Å². The Morgan fingerprint density at radius 1 is 1.26 bits per heavy atom. The molecule has 8 heteroatoms. The van der Waals surface area contributed by atoms with Gasteiger partial charge in [-0.25, -0.2) is 9.78 Å². The molecule has 1 N–H and O–H groups in total. The van der Waals surface area contributed by atoms with Gasteiger partial charge in [-0.15, -0.1) is 0 Å². The number of rotatable bonds is 2. The normalized spacial score (nSPS) is 21.8. The summed E-state index contributed by atoms with van der Waals surface area (Å²) in [5.74, 6) is 0.190. The van der Waals surface area contributed by atoms with Gasteiger partial charge in [-0.1, -0.05) is 12.1 Å². The molecule has 8 nitrogen and oxygen atoms in total. The summed E-state index contributed by atoms with van der Waals surface area (Å²) >= 11 is 0. The molecule has 2 aliphatic heterocycles. The predicted molar refractivity (Wildman–Crippen MR) is 96.4 cm³/mol. The van der Waals surface area contributed by atoms with E-state index in [9.17, 15) is 14.4 Å². The standard InChI is InChI=1S/C19H20N4O4/c24-16(11-22-10-4-8-20-18(22)26)23-9-3-7-19(13-23)12-21-17(25)14-5-1-2-6-15(14)27-19/h1-2,4-6,8,10H,3,7,9,11-13H2,(H,21,25)/t19-/m1/s1. The van der Waals surface area contributed by atoms with Crippen LogP contribution in [0.1, 0.15) is 23.2 Å². The van der Waals surface area contributed by atoms with Crippen molar-refractivity contribution in [2.45, 2.75) is 25.0 Å². The predicted octanol–water partition coefficient (Wildman–Crippen LogP) is 0.427. The number of nitrogens with one attached hydrogen (secondary N) is 1. The molecule has 1 fully saturated rings. The second-order valence-corrected chi connectivity index (χ2v) is 6.91. The number of aromatic nitrogens is 2. The number of hydrogen-bond donors (Lipinski definition) is 1. The van der Waals surface area contributed by atoms with E-state index < -0.39 is 11.3 Å². The van der Waals surface area contributed by atoms with E-state index in [1.54, 1.807) is 35.4 Å². The van der Waals surface area contributed by atoms with E-state index in [0.717, 1.165) is 12.8 Å². The van der Waals surface area contributed by atoms with E-state index in [-0.39, 0.29) is 18.4 Å². The number of nitrogens with zero attached hydrogens (tertiary/aromatic N) is 3. The number of amides is 2. The van der Waals surface area contributed by atoms with Gasteiger partial charge >= 0.3 is 5.69 Å². The first-order valence-electron chi connectivity index (χ1n) is 8.92. The van der Waals surface area contributed by atoms with Crippen LogP contribution in [-0.2, 0) is 11.3 Å². The molecule has 2 amide bonds. The number of fused-ring (bicyclic) bond motifs is 1. The van der Waals surface area contributed by atoms with Crippen LogP contribution < -0.4 is 15.7 Å². The molecule has 0 saturated carbocycles. The Hall–Kier alpha value is -3.16. The number of carbonyl (C=O) groups is 2. The van der Waals surface area contributed by atoms with Crippen LogP contribution in [0.5, 0.6) is 5.75 Å². The highest BCUT2D eigenvalue weighted by atomic mass is 16.5. The largest absolute Gasteiger partial charge is 0.483 e. The summed E-state index contributed by atoms with van der Waals surface area (Å²) < 4.78 is 7.54. The van der Waals surface area contributed by atoms with Gasteiger partial charge in [0.25, 0.3) is 5.91 Å². The zero-order valence-electron chi connectivity index (χ0n) is 14.8. The monoisotopic (exact) mass is 368 g/mol. The highest BCUT2D eigenvalue weighted by Gasteiger charge is 2.42. The van der Waals surface area contributed by atoms with Crippen LogP contribution in [0, 0.1) is 0 Å². The third-order valence-electron chi connectivity index (χ3n) is 5.01. The number of likely N-dealkylation sites (tertiary alicyclic amines) is 1. The molecule has 0 bridgehead atoms.